The molecule has 2 fully saturated rings. The molecule has 18 heavy (non-hydrogen) atoms. The molecule has 0 bridgehead atoms. The van der Waals surface area contributed by atoms with Crippen molar-refractivity contribution in [2.45, 2.75) is 18.9 Å². The van der Waals surface area contributed by atoms with Gasteiger partial charge in [-0.1, -0.05) is 12.1 Å². The van der Waals surface area contributed by atoms with Crippen LogP contribution in [0.2, 0.25) is 0 Å². The van der Waals surface area contributed by atoms with Gasteiger partial charge in [0, 0.05) is 25.0 Å². The van der Waals surface area contributed by atoms with E-state index in [0.717, 1.165) is 45.0 Å². The molecular formula is C15H19O3. The minimum Gasteiger partial charge on any atom is -0.490 e. The van der Waals surface area contributed by atoms with E-state index in [9.17, 15) is 0 Å². The predicted molar refractivity (Wildman–Crippen MR) is 67.5 cm³/mol. The monoisotopic (exact) mass is 247 g/mol. The van der Waals surface area contributed by atoms with Crippen LogP contribution in [0.15, 0.2) is 24.3 Å². The van der Waals surface area contributed by atoms with Crippen LogP contribution in [0.3, 0.4) is 0 Å². The molecule has 1 aromatic rings. The Morgan fingerprint density at radius 1 is 1.17 bits per heavy atom. The number of hydrogen-bond acceptors (Lipinski definition) is 3. The van der Waals surface area contributed by atoms with Gasteiger partial charge in [0.1, 0.15) is 11.9 Å². The molecule has 3 heteroatoms. The second-order valence-corrected chi connectivity index (χ2v) is 5.07. The van der Waals surface area contributed by atoms with Crippen LogP contribution >= 0.6 is 0 Å². The van der Waals surface area contributed by atoms with Crippen molar-refractivity contribution in [1.29, 1.82) is 0 Å². The summed E-state index contributed by atoms with van der Waals surface area (Å²) < 4.78 is 17.2. The SMILES string of the molecule is [c]1cccc(OC(C2CCOC2)C2CCOC2)c1. The maximum absolute atomic E-state index is 6.19. The van der Waals surface area contributed by atoms with Crippen molar-refractivity contribution in [3.05, 3.63) is 30.3 Å². The smallest absolute Gasteiger partial charge is 0.120 e. The van der Waals surface area contributed by atoms with Crippen LogP contribution in [0.25, 0.3) is 0 Å². The molecule has 3 rings (SSSR count). The molecule has 97 valence electrons. The second-order valence-electron chi connectivity index (χ2n) is 5.07. The Morgan fingerprint density at radius 2 is 1.89 bits per heavy atom. The molecule has 2 heterocycles. The van der Waals surface area contributed by atoms with E-state index < -0.39 is 0 Å². The molecule has 2 saturated heterocycles. The normalized spacial score (nSPS) is 29.3. The first-order valence-electron chi connectivity index (χ1n) is 6.72. The summed E-state index contributed by atoms with van der Waals surface area (Å²) in [5, 5.41) is 0. The first-order valence-corrected chi connectivity index (χ1v) is 6.72. The molecule has 3 nitrogen and oxygen atoms in total. The van der Waals surface area contributed by atoms with Gasteiger partial charge in [0.15, 0.2) is 0 Å². The highest BCUT2D eigenvalue weighted by molar-refractivity contribution is 5.20. The van der Waals surface area contributed by atoms with Crippen LogP contribution in [0, 0.1) is 17.9 Å². The number of rotatable bonds is 4. The third kappa shape index (κ3) is 2.68. The van der Waals surface area contributed by atoms with E-state index in [1.165, 1.54) is 0 Å². The largest absolute Gasteiger partial charge is 0.490 e. The maximum Gasteiger partial charge on any atom is 0.120 e. The molecule has 2 unspecified atom stereocenters. The second kappa shape index (κ2) is 5.72. The van der Waals surface area contributed by atoms with Crippen molar-refractivity contribution in [3.8, 4) is 5.75 Å². The van der Waals surface area contributed by atoms with Crippen molar-refractivity contribution < 1.29 is 14.2 Å². The molecule has 0 amide bonds. The minimum absolute atomic E-state index is 0.214. The summed E-state index contributed by atoms with van der Waals surface area (Å²) in [6.45, 7) is 3.35. The van der Waals surface area contributed by atoms with Gasteiger partial charge < -0.3 is 14.2 Å². The third-order valence-electron chi connectivity index (χ3n) is 3.81. The van der Waals surface area contributed by atoms with E-state index in [2.05, 4.69) is 6.07 Å². The predicted octanol–water partition coefficient (Wildman–Crippen LogP) is 2.31. The Labute approximate surface area is 108 Å². The van der Waals surface area contributed by atoms with Crippen LogP contribution in [0.1, 0.15) is 12.8 Å². The highest BCUT2D eigenvalue weighted by Gasteiger charge is 2.36. The van der Waals surface area contributed by atoms with Gasteiger partial charge in [-0.2, -0.15) is 0 Å². The van der Waals surface area contributed by atoms with E-state index in [1.54, 1.807) is 0 Å². The minimum atomic E-state index is 0.214. The highest BCUT2D eigenvalue weighted by atomic mass is 16.5. The fourth-order valence-electron chi connectivity index (χ4n) is 2.81. The van der Waals surface area contributed by atoms with Crippen LogP contribution in [-0.4, -0.2) is 32.5 Å². The topological polar surface area (TPSA) is 27.7 Å². The van der Waals surface area contributed by atoms with Crippen LogP contribution in [0.5, 0.6) is 5.75 Å². The Bertz CT molecular complexity index is 337. The first-order chi connectivity index (χ1) is 8.93. The molecule has 0 aliphatic carbocycles. The summed E-state index contributed by atoms with van der Waals surface area (Å²) in [6, 6.07) is 10.8. The molecule has 2 atom stereocenters. The van der Waals surface area contributed by atoms with E-state index in [1.807, 2.05) is 24.3 Å². The van der Waals surface area contributed by atoms with E-state index in [-0.39, 0.29) is 6.10 Å². The summed E-state index contributed by atoms with van der Waals surface area (Å²) >= 11 is 0. The fraction of sp³-hybridized carbons (Fsp3) is 0.600. The molecule has 1 aromatic carbocycles. The quantitative estimate of drug-likeness (QED) is 0.817. The summed E-state index contributed by atoms with van der Waals surface area (Å²) in [6.07, 6.45) is 2.40. The zero-order chi connectivity index (χ0) is 12.2. The summed E-state index contributed by atoms with van der Waals surface area (Å²) in [7, 11) is 0. The maximum atomic E-state index is 6.19. The Hall–Kier alpha value is -1.06. The van der Waals surface area contributed by atoms with Gasteiger partial charge in [-0.05, 0) is 31.0 Å². The standard InChI is InChI=1S/C15H19O3/c1-2-4-14(5-3-1)18-15(12-6-8-16-10-12)13-7-9-17-11-13/h1-2,4-5,12-13,15H,6-11H2. The zero-order valence-electron chi connectivity index (χ0n) is 10.5. The van der Waals surface area contributed by atoms with Crippen molar-refractivity contribution in [2.24, 2.45) is 11.8 Å². The summed E-state index contributed by atoms with van der Waals surface area (Å²) in [4.78, 5) is 0. The van der Waals surface area contributed by atoms with Crippen molar-refractivity contribution in [1.82, 2.24) is 0 Å². The highest BCUT2D eigenvalue weighted by Crippen LogP contribution is 2.30. The van der Waals surface area contributed by atoms with Crippen molar-refractivity contribution >= 4 is 0 Å². The zero-order valence-corrected chi connectivity index (χ0v) is 10.5. The summed E-state index contributed by atoms with van der Waals surface area (Å²) in [5.41, 5.74) is 0. The van der Waals surface area contributed by atoms with Gasteiger partial charge in [0.2, 0.25) is 0 Å². The van der Waals surface area contributed by atoms with Crippen molar-refractivity contribution in [3.63, 3.8) is 0 Å². The molecule has 1 radical (unpaired) electrons. The van der Waals surface area contributed by atoms with Crippen LogP contribution < -0.4 is 4.74 Å². The Kier molecular flexibility index (Phi) is 3.81. The Balaban J connectivity index is 1.72. The average Bonchev–Trinajstić information content (AvgIpc) is 3.11. The lowest BCUT2D eigenvalue weighted by Gasteiger charge is -2.28. The van der Waals surface area contributed by atoms with Gasteiger partial charge in [-0.3, -0.25) is 0 Å². The van der Waals surface area contributed by atoms with Crippen molar-refractivity contribution in [2.75, 3.05) is 26.4 Å². The molecule has 0 aromatic heterocycles. The lowest BCUT2D eigenvalue weighted by molar-refractivity contribution is 0.0561. The van der Waals surface area contributed by atoms with E-state index in [4.69, 9.17) is 14.2 Å². The van der Waals surface area contributed by atoms with Crippen LogP contribution in [-0.2, 0) is 9.47 Å². The van der Waals surface area contributed by atoms with E-state index >= 15 is 0 Å². The molecule has 2 aliphatic rings. The average molecular weight is 247 g/mol. The summed E-state index contributed by atoms with van der Waals surface area (Å²) in [5.74, 6) is 1.90. The molecule has 0 spiro atoms. The van der Waals surface area contributed by atoms with E-state index in [0.29, 0.717) is 11.8 Å². The third-order valence-corrected chi connectivity index (χ3v) is 3.81. The van der Waals surface area contributed by atoms with Gasteiger partial charge in [-0.15, -0.1) is 0 Å². The van der Waals surface area contributed by atoms with Gasteiger partial charge in [0.05, 0.1) is 13.2 Å². The number of ether oxygens (including phenoxy) is 3. The lowest BCUT2D eigenvalue weighted by atomic mass is 9.89. The van der Waals surface area contributed by atoms with Gasteiger partial charge in [0.25, 0.3) is 0 Å². The molecule has 0 N–H and O–H groups in total. The Morgan fingerprint density at radius 3 is 2.39 bits per heavy atom. The fourth-order valence-corrected chi connectivity index (χ4v) is 2.81. The van der Waals surface area contributed by atoms with Gasteiger partial charge in [-0.25, -0.2) is 0 Å². The van der Waals surface area contributed by atoms with Gasteiger partial charge >= 0.3 is 0 Å². The lowest BCUT2D eigenvalue weighted by Crippen LogP contribution is -2.35. The molecule has 0 saturated carbocycles. The molecule has 2 aliphatic heterocycles. The number of benzene rings is 1. The number of hydrogen-bond donors (Lipinski definition) is 0. The first kappa shape index (κ1) is 12.0. The molecular weight excluding hydrogens is 228 g/mol. The van der Waals surface area contributed by atoms with Crippen LogP contribution in [0.4, 0.5) is 0 Å².